The van der Waals surface area contributed by atoms with Crippen LogP contribution in [-0.4, -0.2) is 37.2 Å². The molecule has 0 spiro atoms. The van der Waals surface area contributed by atoms with E-state index < -0.39 is 0 Å². The maximum Gasteiger partial charge on any atom is 0.119 e. The Balaban J connectivity index is 1.20. The molecule has 2 N–H and O–H groups in total. The Hall–Kier alpha value is -2.93. The predicted octanol–water partition coefficient (Wildman–Crippen LogP) is 5.74. The van der Waals surface area contributed by atoms with Gasteiger partial charge in [0.2, 0.25) is 0 Å². The summed E-state index contributed by atoms with van der Waals surface area (Å²) >= 11 is 1.69. The van der Waals surface area contributed by atoms with Gasteiger partial charge in [-0.1, -0.05) is 30.3 Å². The zero-order chi connectivity index (χ0) is 23.5. The number of nitrogens with two attached hydrogens (primary N) is 1. The summed E-state index contributed by atoms with van der Waals surface area (Å²) in [5.41, 5.74) is 11.5. The Bertz CT molecular complexity index is 1220. The molecule has 0 amide bonds. The highest BCUT2D eigenvalue weighted by molar-refractivity contribution is 7.18. The topological polar surface area (TPSA) is 60.6 Å². The number of para-hydroxylation sites is 1. The standard InChI is InChI=1S/C28H31N3O2S/c1-31-17-20-16-22(13-14-23(20)24(18-31)19-9-11-21(32-2)12-10-19)33-15-5-6-25(29)28-30-26-7-3-4-8-27(26)34-28/h3-4,7-14,16,24-25H,5-6,15,17-18,29H2,1-2H3. The van der Waals surface area contributed by atoms with Crippen LogP contribution >= 0.6 is 11.3 Å². The van der Waals surface area contributed by atoms with Crippen LogP contribution < -0.4 is 15.2 Å². The third-order valence-corrected chi connectivity index (χ3v) is 7.67. The molecular formula is C28H31N3O2S. The van der Waals surface area contributed by atoms with Crippen molar-refractivity contribution in [1.82, 2.24) is 9.88 Å². The van der Waals surface area contributed by atoms with Crippen molar-refractivity contribution in [2.24, 2.45) is 5.73 Å². The number of thiazole rings is 1. The third kappa shape index (κ3) is 4.94. The molecule has 6 heteroatoms. The molecular weight excluding hydrogens is 442 g/mol. The van der Waals surface area contributed by atoms with Gasteiger partial charge in [0, 0.05) is 19.0 Å². The first kappa shape index (κ1) is 22.8. The van der Waals surface area contributed by atoms with Gasteiger partial charge in [-0.05, 0) is 73.0 Å². The molecule has 5 rings (SSSR count). The highest BCUT2D eigenvalue weighted by Gasteiger charge is 2.25. The van der Waals surface area contributed by atoms with Gasteiger partial charge < -0.3 is 20.1 Å². The third-order valence-electron chi connectivity index (χ3n) is 6.50. The highest BCUT2D eigenvalue weighted by Crippen LogP contribution is 2.35. The maximum absolute atomic E-state index is 6.41. The van der Waals surface area contributed by atoms with E-state index in [2.05, 4.69) is 53.3 Å². The van der Waals surface area contributed by atoms with Gasteiger partial charge in [0.15, 0.2) is 0 Å². The van der Waals surface area contributed by atoms with Crippen LogP contribution in [0.2, 0.25) is 0 Å². The summed E-state index contributed by atoms with van der Waals surface area (Å²) in [5, 5.41) is 1.00. The van der Waals surface area contributed by atoms with Crippen LogP contribution in [0, 0.1) is 0 Å². The first-order chi connectivity index (χ1) is 16.6. The number of aromatic nitrogens is 1. The Kier molecular flexibility index (Phi) is 6.81. The van der Waals surface area contributed by atoms with Crippen molar-refractivity contribution < 1.29 is 9.47 Å². The fourth-order valence-corrected chi connectivity index (χ4v) is 5.70. The summed E-state index contributed by atoms with van der Waals surface area (Å²) < 4.78 is 12.6. The van der Waals surface area contributed by atoms with E-state index in [-0.39, 0.29) is 6.04 Å². The molecule has 0 fully saturated rings. The lowest BCUT2D eigenvalue weighted by atomic mass is 9.84. The maximum atomic E-state index is 6.41. The van der Waals surface area contributed by atoms with Crippen molar-refractivity contribution in [3.8, 4) is 11.5 Å². The van der Waals surface area contributed by atoms with Crippen LogP contribution in [0.25, 0.3) is 10.2 Å². The number of fused-ring (bicyclic) bond motifs is 2. The normalized spacial score (nSPS) is 16.9. The number of hydrogen-bond donors (Lipinski definition) is 1. The smallest absolute Gasteiger partial charge is 0.119 e. The van der Waals surface area contributed by atoms with E-state index >= 15 is 0 Å². The highest BCUT2D eigenvalue weighted by atomic mass is 32.1. The number of benzene rings is 3. The van der Waals surface area contributed by atoms with E-state index in [0.29, 0.717) is 12.5 Å². The van der Waals surface area contributed by atoms with Crippen molar-refractivity contribution in [3.63, 3.8) is 0 Å². The zero-order valence-corrected chi connectivity index (χ0v) is 20.6. The van der Waals surface area contributed by atoms with Crippen LogP contribution in [0.4, 0.5) is 0 Å². The summed E-state index contributed by atoms with van der Waals surface area (Å²) in [7, 11) is 3.88. The average molecular weight is 474 g/mol. The minimum Gasteiger partial charge on any atom is -0.497 e. The number of ether oxygens (including phenoxy) is 2. The lowest BCUT2D eigenvalue weighted by Crippen LogP contribution is -2.31. The second-order valence-corrected chi connectivity index (χ2v) is 10.1. The predicted molar refractivity (Wildman–Crippen MR) is 139 cm³/mol. The molecule has 1 aromatic heterocycles. The summed E-state index contributed by atoms with van der Waals surface area (Å²) in [6.45, 7) is 2.58. The lowest BCUT2D eigenvalue weighted by Gasteiger charge is -2.33. The second kappa shape index (κ2) is 10.1. The molecule has 3 aromatic carbocycles. The Morgan fingerprint density at radius 2 is 1.88 bits per heavy atom. The van der Waals surface area contributed by atoms with Gasteiger partial charge >= 0.3 is 0 Å². The molecule has 0 aliphatic carbocycles. The monoisotopic (exact) mass is 473 g/mol. The number of nitrogens with zero attached hydrogens (tertiary/aromatic N) is 2. The van der Waals surface area contributed by atoms with E-state index in [0.717, 1.165) is 48.0 Å². The minimum atomic E-state index is -0.0524. The molecule has 2 heterocycles. The van der Waals surface area contributed by atoms with Crippen molar-refractivity contribution >= 4 is 21.6 Å². The number of likely N-dealkylation sites (N-methyl/N-ethyl adjacent to an activating group) is 1. The Labute approximate surface area is 205 Å². The van der Waals surface area contributed by atoms with Crippen LogP contribution in [0.15, 0.2) is 66.7 Å². The van der Waals surface area contributed by atoms with Crippen molar-refractivity contribution in [1.29, 1.82) is 0 Å². The van der Waals surface area contributed by atoms with E-state index in [9.17, 15) is 0 Å². The lowest BCUT2D eigenvalue weighted by molar-refractivity contribution is 0.287. The zero-order valence-electron chi connectivity index (χ0n) is 19.7. The minimum absolute atomic E-state index is 0.0524. The molecule has 2 unspecified atom stereocenters. The quantitative estimate of drug-likeness (QED) is 0.331. The van der Waals surface area contributed by atoms with Crippen molar-refractivity contribution in [3.05, 3.63) is 88.4 Å². The van der Waals surface area contributed by atoms with Gasteiger partial charge in [-0.2, -0.15) is 0 Å². The first-order valence-electron chi connectivity index (χ1n) is 11.8. The summed E-state index contributed by atoms with van der Waals surface area (Å²) in [6, 6.07) is 23.1. The molecule has 1 aliphatic rings. The van der Waals surface area contributed by atoms with Gasteiger partial charge in [0.1, 0.15) is 16.5 Å². The Morgan fingerprint density at radius 1 is 1.09 bits per heavy atom. The molecule has 5 nitrogen and oxygen atoms in total. The van der Waals surface area contributed by atoms with Crippen LogP contribution in [0.5, 0.6) is 11.5 Å². The number of methoxy groups -OCH3 is 1. The average Bonchev–Trinajstić information content (AvgIpc) is 3.30. The molecule has 0 saturated heterocycles. The molecule has 176 valence electrons. The van der Waals surface area contributed by atoms with Crippen molar-refractivity contribution in [2.75, 3.05) is 27.3 Å². The molecule has 0 saturated carbocycles. The van der Waals surface area contributed by atoms with E-state index in [1.807, 2.05) is 30.3 Å². The van der Waals surface area contributed by atoms with Gasteiger partial charge in [0.25, 0.3) is 0 Å². The van der Waals surface area contributed by atoms with Crippen LogP contribution in [0.1, 0.15) is 46.5 Å². The molecule has 4 aromatic rings. The van der Waals surface area contributed by atoms with E-state index in [4.69, 9.17) is 15.2 Å². The SMILES string of the molecule is COc1ccc(C2CN(C)Cc3cc(OCCCC(N)c4nc5ccccc5s4)ccc32)cc1. The number of rotatable bonds is 8. The first-order valence-corrected chi connectivity index (χ1v) is 12.6. The molecule has 1 aliphatic heterocycles. The second-order valence-electron chi connectivity index (χ2n) is 9.00. The molecule has 0 bridgehead atoms. The van der Waals surface area contributed by atoms with Gasteiger partial charge in [0.05, 0.1) is 30.0 Å². The van der Waals surface area contributed by atoms with Crippen LogP contribution in [-0.2, 0) is 6.54 Å². The van der Waals surface area contributed by atoms with Gasteiger partial charge in [-0.3, -0.25) is 0 Å². The van der Waals surface area contributed by atoms with Gasteiger partial charge in [-0.25, -0.2) is 4.98 Å². The van der Waals surface area contributed by atoms with Gasteiger partial charge in [-0.15, -0.1) is 11.3 Å². The summed E-state index contributed by atoms with van der Waals surface area (Å²) in [5.74, 6) is 2.16. The summed E-state index contributed by atoms with van der Waals surface area (Å²) in [4.78, 5) is 7.06. The van der Waals surface area contributed by atoms with Crippen molar-refractivity contribution in [2.45, 2.75) is 31.3 Å². The van der Waals surface area contributed by atoms with E-state index in [1.165, 1.54) is 21.4 Å². The fourth-order valence-electron chi connectivity index (χ4n) is 4.70. The van der Waals surface area contributed by atoms with Crippen LogP contribution in [0.3, 0.4) is 0 Å². The summed E-state index contributed by atoms with van der Waals surface area (Å²) in [6.07, 6.45) is 1.75. The van der Waals surface area contributed by atoms with E-state index in [1.54, 1.807) is 18.4 Å². The number of hydrogen-bond acceptors (Lipinski definition) is 6. The molecule has 0 radical (unpaired) electrons. The largest absolute Gasteiger partial charge is 0.497 e. The fraction of sp³-hybridized carbons (Fsp3) is 0.321. The molecule has 2 atom stereocenters. The Morgan fingerprint density at radius 3 is 2.68 bits per heavy atom. The molecule has 34 heavy (non-hydrogen) atoms.